The fraction of sp³-hybridized carbons (Fsp3) is 0.333. The Hall–Kier alpha value is -1.26. The Kier molecular flexibility index (Phi) is 7.20. The number of nitrogens with one attached hydrogen (secondary N) is 2. The van der Waals surface area contributed by atoms with E-state index in [2.05, 4.69) is 25.4 Å². The van der Waals surface area contributed by atoms with Crippen LogP contribution in [0, 0.1) is 6.92 Å². The summed E-state index contributed by atoms with van der Waals surface area (Å²) < 4.78 is 55.2. The largest absolute Gasteiger partial charge is 0.241 e. The first-order valence-corrected chi connectivity index (χ1v) is 12.3. The van der Waals surface area contributed by atoms with Gasteiger partial charge >= 0.3 is 0 Å². The first kappa shape index (κ1) is 22.0. The van der Waals surface area contributed by atoms with E-state index in [0.29, 0.717) is 15.6 Å². The van der Waals surface area contributed by atoms with Gasteiger partial charge in [0.1, 0.15) is 0 Å². The van der Waals surface area contributed by atoms with Gasteiger partial charge in [0.25, 0.3) is 0 Å². The third kappa shape index (κ3) is 6.39. The molecule has 0 saturated heterocycles. The third-order valence-corrected chi connectivity index (χ3v) is 7.61. The van der Waals surface area contributed by atoms with Gasteiger partial charge in [-0.15, -0.1) is 0 Å². The molecule has 0 heterocycles. The lowest BCUT2D eigenvalue weighted by Crippen LogP contribution is -2.32. The van der Waals surface area contributed by atoms with Gasteiger partial charge in [-0.25, -0.2) is 26.3 Å². The molecule has 0 bridgehead atoms. The molecule has 0 radical (unpaired) electrons. The molecule has 0 aliphatic rings. The average molecular weight is 475 g/mol. The van der Waals surface area contributed by atoms with E-state index in [1.165, 1.54) is 6.07 Å². The van der Waals surface area contributed by atoms with Crippen LogP contribution in [-0.2, 0) is 32.3 Å². The lowest BCUT2D eigenvalue weighted by Gasteiger charge is -2.14. The maximum atomic E-state index is 12.6. The smallest absolute Gasteiger partial charge is 0.212 e. The predicted molar refractivity (Wildman–Crippen MR) is 110 cm³/mol. The Balaban J connectivity index is 2.21. The maximum absolute atomic E-state index is 12.6. The first-order valence-electron chi connectivity index (χ1n) is 8.33. The molecule has 0 aliphatic heterocycles. The van der Waals surface area contributed by atoms with Crippen molar-refractivity contribution in [1.82, 2.24) is 9.44 Å². The second kappa shape index (κ2) is 8.83. The molecule has 2 N–H and O–H groups in total. The number of aryl methyl sites for hydroxylation is 1. The molecule has 6 nitrogen and oxygen atoms in total. The highest BCUT2D eigenvalue weighted by Crippen LogP contribution is 2.23. The summed E-state index contributed by atoms with van der Waals surface area (Å²) in [4.78, 5) is 0.139. The molecule has 0 unspecified atom stereocenters. The second-order valence-corrected chi connectivity index (χ2v) is 10.9. The van der Waals surface area contributed by atoms with E-state index in [1.807, 2.05) is 6.92 Å². The highest BCUT2D eigenvalue weighted by molar-refractivity contribution is 9.10. The van der Waals surface area contributed by atoms with Gasteiger partial charge in [-0.05, 0) is 65.5 Å². The van der Waals surface area contributed by atoms with Crippen LogP contribution in [-0.4, -0.2) is 22.9 Å². The first-order chi connectivity index (χ1) is 12.5. The minimum absolute atomic E-state index is 0.00395. The van der Waals surface area contributed by atoms with Crippen molar-refractivity contribution in [2.45, 2.75) is 44.0 Å². The Morgan fingerprint density at radius 2 is 1.63 bits per heavy atom. The Morgan fingerprint density at radius 3 is 2.22 bits per heavy atom. The summed E-state index contributed by atoms with van der Waals surface area (Å²) in [6, 6.07) is 11.7. The molecule has 2 aromatic rings. The molecule has 0 amide bonds. The van der Waals surface area contributed by atoms with Crippen LogP contribution in [0.5, 0.6) is 0 Å². The molecule has 0 saturated carbocycles. The molecule has 2 rings (SSSR count). The van der Waals surface area contributed by atoms with E-state index < -0.39 is 20.0 Å². The number of halogens is 1. The molecule has 2 aromatic carbocycles. The molecule has 27 heavy (non-hydrogen) atoms. The van der Waals surface area contributed by atoms with Gasteiger partial charge in [0.05, 0.1) is 10.6 Å². The SMILES string of the molecule is Cc1ccc(S(=O)(=O)NCc2ccccc2CS(=O)(=O)NC(C)C)c(Br)c1. The van der Waals surface area contributed by atoms with Crippen molar-refractivity contribution in [1.29, 1.82) is 0 Å². The summed E-state index contributed by atoms with van der Waals surface area (Å²) in [5, 5.41) is 0. The van der Waals surface area contributed by atoms with Crippen LogP contribution in [0.15, 0.2) is 51.8 Å². The number of hydrogen-bond donors (Lipinski definition) is 2. The summed E-state index contributed by atoms with van der Waals surface area (Å²) in [6.07, 6.45) is 0. The lowest BCUT2D eigenvalue weighted by molar-refractivity contribution is 0.568. The maximum Gasteiger partial charge on any atom is 0.241 e. The van der Waals surface area contributed by atoms with Gasteiger partial charge in [0.15, 0.2) is 0 Å². The van der Waals surface area contributed by atoms with E-state index in [9.17, 15) is 16.8 Å². The normalized spacial score (nSPS) is 12.5. The van der Waals surface area contributed by atoms with E-state index >= 15 is 0 Å². The van der Waals surface area contributed by atoms with Crippen LogP contribution in [0.2, 0.25) is 0 Å². The van der Waals surface area contributed by atoms with Crippen LogP contribution in [0.3, 0.4) is 0 Å². The number of rotatable bonds is 8. The van der Waals surface area contributed by atoms with E-state index in [4.69, 9.17) is 0 Å². The Labute approximate surface area is 169 Å². The lowest BCUT2D eigenvalue weighted by atomic mass is 10.1. The quantitative estimate of drug-likeness (QED) is 0.614. The van der Waals surface area contributed by atoms with Crippen LogP contribution in [0.1, 0.15) is 30.5 Å². The average Bonchev–Trinajstić information content (AvgIpc) is 2.52. The van der Waals surface area contributed by atoms with Crippen molar-refractivity contribution < 1.29 is 16.8 Å². The zero-order valence-corrected chi connectivity index (χ0v) is 18.6. The van der Waals surface area contributed by atoms with Gasteiger partial charge < -0.3 is 0 Å². The van der Waals surface area contributed by atoms with Crippen LogP contribution < -0.4 is 9.44 Å². The van der Waals surface area contributed by atoms with E-state index in [1.54, 1.807) is 50.2 Å². The van der Waals surface area contributed by atoms with Crippen LogP contribution in [0.4, 0.5) is 0 Å². The van der Waals surface area contributed by atoms with Gasteiger partial charge in [-0.2, -0.15) is 0 Å². The van der Waals surface area contributed by atoms with Crippen molar-refractivity contribution in [3.8, 4) is 0 Å². The number of hydrogen-bond acceptors (Lipinski definition) is 4. The topological polar surface area (TPSA) is 92.3 Å². The predicted octanol–water partition coefficient (Wildman–Crippen LogP) is 3.06. The van der Waals surface area contributed by atoms with Crippen LogP contribution >= 0.6 is 15.9 Å². The van der Waals surface area contributed by atoms with Gasteiger partial charge in [-0.1, -0.05) is 30.3 Å². The molecule has 0 atom stereocenters. The molecule has 0 aliphatic carbocycles. The summed E-state index contributed by atoms with van der Waals surface area (Å²) in [5.74, 6) is -0.211. The van der Waals surface area contributed by atoms with Crippen molar-refractivity contribution in [3.05, 3.63) is 63.6 Å². The highest BCUT2D eigenvalue weighted by atomic mass is 79.9. The van der Waals surface area contributed by atoms with Crippen molar-refractivity contribution in [2.24, 2.45) is 0 Å². The minimum atomic E-state index is -3.75. The molecule has 0 aromatic heterocycles. The van der Waals surface area contributed by atoms with Gasteiger partial charge in [-0.3, -0.25) is 0 Å². The zero-order chi connectivity index (χ0) is 20.2. The van der Waals surface area contributed by atoms with Crippen molar-refractivity contribution >= 4 is 36.0 Å². The summed E-state index contributed by atoms with van der Waals surface area (Å²) in [5.41, 5.74) is 2.10. The van der Waals surface area contributed by atoms with Crippen molar-refractivity contribution in [2.75, 3.05) is 0 Å². The van der Waals surface area contributed by atoms with Crippen LogP contribution in [0.25, 0.3) is 0 Å². The summed E-state index contributed by atoms with van der Waals surface area (Å²) in [6.45, 7) is 5.36. The summed E-state index contributed by atoms with van der Waals surface area (Å²) >= 11 is 3.28. The van der Waals surface area contributed by atoms with Crippen molar-refractivity contribution in [3.63, 3.8) is 0 Å². The summed E-state index contributed by atoms with van der Waals surface area (Å²) in [7, 11) is -7.26. The fourth-order valence-electron chi connectivity index (χ4n) is 2.55. The minimum Gasteiger partial charge on any atom is -0.212 e. The molecule has 0 spiro atoms. The van der Waals surface area contributed by atoms with E-state index in [-0.39, 0.29) is 23.2 Å². The van der Waals surface area contributed by atoms with E-state index in [0.717, 1.165) is 5.56 Å². The molecular formula is C18H23BrN2O4S2. The fourth-order valence-corrected chi connectivity index (χ4v) is 6.24. The molecule has 9 heteroatoms. The van der Waals surface area contributed by atoms with Gasteiger partial charge in [0, 0.05) is 17.1 Å². The second-order valence-electron chi connectivity index (χ2n) is 6.56. The number of sulfonamides is 2. The Bertz CT molecular complexity index is 1020. The molecular weight excluding hydrogens is 452 g/mol. The standard InChI is InChI=1S/C18H23BrN2O4S2/c1-13(2)21-26(22,23)12-16-7-5-4-6-15(16)11-20-27(24,25)18-9-8-14(3)10-17(18)19/h4-10,13,20-21H,11-12H2,1-3H3. The highest BCUT2D eigenvalue weighted by Gasteiger charge is 2.19. The number of benzene rings is 2. The monoisotopic (exact) mass is 474 g/mol. The molecule has 0 fully saturated rings. The Morgan fingerprint density at radius 1 is 1.00 bits per heavy atom. The third-order valence-electron chi connectivity index (χ3n) is 3.71. The molecule has 148 valence electrons. The van der Waals surface area contributed by atoms with Gasteiger partial charge in [0.2, 0.25) is 20.0 Å². The zero-order valence-electron chi connectivity index (χ0n) is 15.4.